The highest BCUT2D eigenvalue weighted by atomic mass is 35.5. The van der Waals surface area contributed by atoms with E-state index < -0.39 is 0 Å². The van der Waals surface area contributed by atoms with E-state index in [0.717, 1.165) is 10.9 Å². The number of aromatic amines is 1. The number of azo groups is 2. The van der Waals surface area contributed by atoms with Gasteiger partial charge in [-0.2, -0.15) is 5.11 Å². The van der Waals surface area contributed by atoms with Crippen LogP contribution in [0.5, 0.6) is 0 Å². The predicted molar refractivity (Wildman–Crippen MR) is 110 cm³/mol. The lowest BCUT2D eigenvalue weighted by atomic mass is 10.2. The average Bonchev–Trinajstić information content (AvgIpc) is 3.05. The lowest BCUT2D eigenvalue weighted by Gasteiger charge is -1.95. The van der Waals surface area contributed by atoms with Gasteiger partial charge in [0.2, 0.25) is 0 Å². The number of benzene rings is 3. The normalized spacial score (nSPS) is 11.8. The first-order chi connectivity index (χ1) is 13.2. The summed E-state index contributed by atoms with van der Waals surface area (Å²) in [7, 11) is 0. The van der Waals surface area contributed by atoms with Crippen molar-refractivity contribution < 1.29 is 0 Å². The van der Waals surface area contributed by atoms with Gasteiger partial charge in [-0.25, -0.2) is 0 Å². The Bertz CT molecular complexity index is 1130. The molecule has 4 rings (SSSR count). The highest BCUT2D eigenvalue weighted by Crippen LogP contribution is 2.38. The molecule has 0 radical (unpaired) electrons. The summed E-state index contributed by atoms with van der Waals surface area (Å²) in [4.78, 5) is 3.23. The molecule has 0 atom stereocenters. The van der Waals surface area contributed by atoms with Crippen LogP contribution in [0.15, 0.2) is 93.3 Å². The number of aromatic nitrogens is 1. The van der Waals surface area contributed by atoms with Crippen molar-refractivity contribution in [2.24, 2.45) is 20.5 Å². The fourth-order valence-corrected chi connectivity index (χ4v) is 2.77. The van der Waals surface area contributed by atoms with Crippen LogP contribution in [0.4, 0.5) is 22.9 Å². The number of para-hydroxylation sites is 1. The number of nitrogens with zero attached hydrogens (tertiary/aromatic N) is 4. The smallest absolute Gasteiger partial charge is 0.181 e. The average molecular weight is 394 g/mol. The Morgan fingerprint density at radius 1 is 0.593 bits per heavy atom. The standard InChI is InChI=1S/C20H13Cl2N5/c21-13-5-9-15(10-6-13)24-26-19-17-3-1-2-4-18(17)23-20(19)27-25-16-11-7-14(22)8-12-16/h1-12,23H. The zero-order valence-corrected chi connectivity index (χ0v) is 15.5. The molecular formula is C20H13Cl2N5. The Morgan fingerprint density at radius 2 is 1.15 bits per heavy atom. The van der Waals surface area contributed by atoms with Gasteiger partial charge >= 0.3 is 0 Å². The first-order valence-electron chi connectivity index (χ1n) is 8.14. The fourth-order valence-electron chi connectivity index (χ4n) is 2.52. The second-order valence-corrected chi connectivity index (χ2v) is 6.59. The monoisotopic (exact) mass is 393 g/mol. The second kappa shape index (κ2) is 7.70. The second-order valence-electron chi connectivity index (χ2n) is 5.72. The van der Waals surface area contributed by atoms with Crippen LogP contribution in [0.3, 0.4) is 0 Å². The zero-order chi connectivity index (χ0) is 18.6. The summed E-state index contributed by atoms with van der Waals surface area (Å²) in [6.45, 7) is 0. The molecule has 5 nitrogen and oxygen atoms in total. The molecule has 0 saturated carbocycles. The molecule has 7 heteroatoms. The number of nitrogens with one attached hydrogen (secondary N) is 1. The highest BCUT2D eigenvalue weighted by molar-refractivity contribution is 6.30. The topological polar surface area (TPSA) is 65.2 Å². The molecule has 0 aliphatic carbocycles. The first kappa shape index (κ1) is 17.4. The molecule has 0 spiro atoms. The lowest BCUT2D eigenvalue weighted by Crippen LogP contribution is -1.67. The maximum absolute atomic E-state index is 5.91. The molecule has 4 aromatic rings. The summed E-state index contributed by atoms with van der Waals surface area (Å²) in [5, 5.41) is 19.5. The van der Waals surface area contributed by atoms with Crippen molar-refractivity contribution in [1.82, 2.24) is 4.98 Å². The Labute approximate surface area is 165 Å². The summed E-state index contributed by atoms with van der Waals surface area (Å²) in [6, 6.07) is 22.1. The van der Waals surface area contributed by atoms with Crippen LogP contribution >= 0.6 is 23.2 Å². The zero-order valence-electron chi connectivity index (χ0n) is 14.0. The molecule has 0 fully saturated rings. The van der Waals surface area contributed by atoms with Crippen molar-refractivity contribution in [3.63, 3.8) is 0 Å². The molecule has 0 unspecified atom stereocenters. The highest BCUT2D eigenvalue weighted by Gasteiger charge is 2.10. The third-order valence-corrected chi connectivity index (χ3v) is 4.35. The van der Waals surface area contributed by atoms with Crippen molar-refractivity contribution in [2.75, 3.05) is 0 Å². The van der Waals surface area contributed by atoms with Crippen LogP contribution in [0, 0.1) is 0 Å². The van der Waals surface area contributed by atoms with Crippen LogP contribution in [0.2, 0.25) is 10.0 Å². The van der Waals surface area contributed by atoms with Crippen LogP contribution in [-0.2, 0) is 0 Å². The van der Waals surface area contributed by atoms with Gasteiger partial charge < -0.3 is 4.98 Å². The Hall–Kier alpha value is -3.02. The van der Waals surface area contributed by atoms with Crippen LogP contribution < -0.4 is 0 Å². The van der Waals surface area contributed by atoms with E-state index in [1.54, 1.807) is 48.5 Å². The molecule has 0 aliphatic rings. The van der Waals surface area contributed by atoms with Crippen molar-refractivity contribution in [3.8, 4) is 0 Å². The molecule has 1 heterocycles. The summed E-state index contributed by atoms with van der Waals surface area (Å²) in [5.41, 5.74) is 2.93. The third-order valence-electron chi connectivity index (χ3n) is 3.84. The predicted octanol–water partition coefficient (Wildman–Crippen LogP) is 8.31. The van der Waals surface area contributed by atoms with E-state index >= 15 is 0 Å². The fraction of sp³-hybridized carbons (Fsp3) is 0. The molecular weight excluding hydrogens is 381 g/mol. The maximum atomic E-state index is 5.91. The van der Waals surface area contributed by atoms with Crippen molar-refractivity contribution in [2.45, 2.75) is 0 Å². The van der Waals surface area contributed by atoms with Crippen molar-refractivity contribution in [1.29, 1.82) is 0 Å². The van der Waals surface area contributed by atoms with Gasteiger partial charge in [-0.15, -0.1) is 15.3 Å². The Balaban J connectivity index is 1.72. The quantitative estimate of drug-likeness (QED) is 0.338. The van der Waals surface area contributed by atoms with E-state index in [1.807, 2.05) is 24.3 Å². The van der Waals surface area contributed by atoms with Gasteiger partial charge in [-0.1, -0.05) is 41.4 Å². The third kappa shape index (κ3) is 4.05. The number of rotatable bonds is 4. The minimum absolute atomic E-state index is 0.531. The van der Waals surface area contributed by atoms with E-state index in [0.29, 0.717) is 32.9 Å². The van der Waals surface area contributed by atoms with E-state index in [4.69, 9.17) is 23.2 Å². The number of H-pyrrole nitrogens is 1. The van der Waals surface area contributed by atoms with Gasteiger partial charge in [0.1, 0.15) is 5.69 Å². The van der Waals surface area contributed by atoms with Gasteiger partial charge in [0.25, 0.3) is 0 Å². The summed E-state index contributed by atoms with van der Waals surface area (Å²) >= 11 is 11.8. The largest absolute Gasteiger partial charge is 0.336 e. The number of hydrogen-bond donors (Lipinski definition) is 1. The summed E-state index contributed by atoms with van der Waals surface area (Å²) in [5.74, 6) is 0.531. The number of fused-ring (bicyclic) bond motifs is 1. The summed E-state index contributed by atoms with van der Waals surface area (Å²) in [6.07, 6.45) is 0. The number of hydrogen-bond acceptors (Lipinski definition) is 4. The van der Waals surface area contributed by atoms with Crippen molar-refractivity contribution in [3.05, 3.63) is 82.8 Å². The van der Waals surface area contributed by atoms with E-state index in [2.05, 4.69) is 25.4 Å². The minimum Gasteiger partial charge on any atom is -0.336 e. The first-order valence-corrected chi connectivity index (χ1v) is 8.90. The molecule has 0 saturated heterocycles. The SMILES string of the molecule is Clc1ccc(N=Nc2[nH]c3ccccc3c2N=Nc2ccc(Cl)cc2)cc1. The van der Waals surface area contributed by atoms with Crippen molar-refractivity contribution >= 4 is 57.0 Å². The molecule has 27 heavy (non-hydrogen) atoms. The number of halogens is 2. The minimum atomic E-state index is 0.531. The van der Waals surface area contributed by atoms with E-state index in [9.17, 15) is 0 Å². The Morgan fingerprint density at radius 3 is 1.78 bits per heavy atom. The Kier molecular flexibility index (Phi) is 4.96. The molecule has 0 bridgehead atoms. The van der Waals surface area contributed by atoms with Gasteiger partial charge in [0, 0.05) is 20.9 Å². The van der Waals surface area contributed by atoms with Gasteiger partial charge in [-0.05, 0) is 54.6 Å². The van der Waals surface area contributed by atoms with Crippen LogP contribution in [0.25, 0.3) is 10.9 Å². The maximum Gasteiger partial charge on any atom is 0.181 e. The summed E-state index contributed by atoms with van der Waals surface area (Å²) < 4.78 is 0. The molecule has 132 valence electrons. The lowest BCUT2D eigenvalue weighted by molar-refractivity contribution is 1.16. The molecule has 1 N–H and O–H groups in total. The van der Waals surface area contributed by atoms with Gasteiger partial charge in [0.05, 0.1) is 11.4 Å². The molecule has 3 aromatic carbocycles. The molecule has 1 aromatic heterocycles. The van der Waals surface area contributed by atoms with Gasteiger partial charge in [0.15, 0.2) is 5.82 Å². The van der Waals surface area contributed by atoms with Crippen LogP contribution in [-0.4, -0.2) is 4.98 Å². The van der Waals surface area contributed by atoms with Gasteiger partial charge in [-0.3, -0.25) is 0 Å². The van der Waals surface area contributed by atoms with E-state index in [-0.39, 0.29) is 0 Å². The molecule has 0 aliphatic heterocycles. The molecule has 0 amide bonds. The van der Waals surface area contributed by atoms with Crippen LogP contribution in [0.1, 0.15) is 0 Å². The van der Waals surface area contributed by atoms with E-state index in [1.165, 1.54) is 0 Å².